The molecule has 0 aromatic heterocycles. The molecule has 5 nitrogen and oxygen atoms in total. The second-order valence-corrected chi connectivity index (χ2v) is 6.91. The van der Waals surface area contributed by atoms with Gasteiger partial charge >= 0.3 is 0 Å². The molecule has 0 aromatic rings. The standard InChI is InChI=1S/C7H22N2O3Si2/c1-10-6(9,4-5-8)7(11-2,12-3)14-13/h4-5,8-9,14H2,1-3,13H3. The molecule has 1 atom stereocenters. The van der Waals surface area contributed by atoms with Crippen LogP contribution < -0.4 is 11.5 Å². The number of nitrogens with two attached hydrogens (primary N) is 2. The van der Waals surface area contributed by atoms with Crippen molar-refractivity contribution in [3.63, 3.8) is 0 Å². The molecule has 0 saturated carbocycles. The van der Waals surface area contributed by atoms with Gasteiger partial charge in [0.1, 0.15) is 0 Å². The van der Waals surface area contributed by atoms with Crippen LogP contribution in [-0.4, -0.2) is 57.8 Å². The van der Waals surface area contributed by atoms with Gasteiger partial charge in [-0.15, -0.1) is 0 Å². The van der Waals surface area contributed by atoms with Gasteiger partial charge in [-0.3, -0.25) is 5.73 Å². The zero-order valence-electron chi connectivity index (χ0n) is 9.50. The largest absolute Gasteiger partial charge is 0.359 e. The smallest absolute Gasteiger partial charge is 0.181 e. The van der Waals surface area contributed by atoms with Crippen LogP contribution in [-0.2, 0) is 14.2 Å². The van der Waals surface area contributed by atoms with Crippen LogP contribution in [0.25, 0.3) is 0 Å². The summed E-state index contributed by atoms with van der Waals surface area (Å²) >= 11 is 0. The predicted molar refractivity (Wildman–Crippen MR) is 62.8 cm³/mol. The Labute approximate surface area is 90.5 Å². The van der Waals surface area contributed by atoms with Crippen molar-refractivity contribution in [2.24, 2.45) is 11.5 Å². The fourth-order valence-electron chi connectivity index (χ4n) is 1.68. The molecule has 0 radical (unpaired) electrons. The summed E-state index contributed by atoms with van der Waals surface area (Å²) in [6.45, 7) is 0.453. The Hall–Kier alpha value is 0.234. The highest BCUT2D eigenvalue weighted by atomic mass is 29.1. The van der Waals surface area contributed by atoms with Gasteiger partial charge in [0.25, 0.3) is 0 Å². The van der Waals surface area contributed by atoms with Gasteiger partial charge in [-0.05, 0) is 16.3 Å². The van der Waals surface area contributed by atoms with E-state index in [0.717, 1.165) is 9.76 Å². The van der Waals surface area contributed by atoms with E-state index < -0.39 is 20.2 Å². The molecule has 0 bridgehead atoms. The lowest BCUT2D eigenvalue weighted by atomic mass is 10.1. The minimum Gasteiger partial charge on any atom is -0.359 e. The van der Waals surface area contributed by atoms with Gasteiger partial charge in [0.05, 0.1) is 9.04 Å². The van der Waals surface area contributed by atoms with Gasteiger partial charge in [0.2, 0.25) is 0 Å². The number of methoxy groups -OCH3 is 3. The normalized spacial score (nSPS) is 17.8. The third-order valence-electron chi connectivity index (χ3n) is 2.65. The first-order valence-electron chi connectivity index (χ1n) is 4.70. The first-order valence-corrected chi connectivity index (χ1v) is 11.1. The summed E-state index contributed by atoms with van der Waals surface area (Å²) in [7, 11) is 5.29. The van der Waals surface area contributed by atoms with Gasteiger partial charge in [0, 0.05) is 27.8 Å². The molecule has 0 fully saturated rings. The molecule has 0 aliphatic rings. The van der Waals surface area contributed by atoms with Crippen molar-refractivity contribution in [3.05, 3.63) is 0 Å². The molecular weight excluding hydrogens is 216 g/mol. The van der Waals surface area contributed by atoms with E-state index in [1.165, 1.54) is 0 Å². The maximum absolute atomic E-state index is 6.12. The molecule has 1 unspecified atom stereocenters. The molecule has 0 rings (SSSR count). The van der Waals surface area contributed by atoms with Crippen LogP contribution in [0.5, 0.6) is 0 Å². The fraction of sp³-hybridized carbons (Fsp3) is 1.00. The quantitative estimate of drug-likeness (QED) is 0.366. The van der Waals surface area contributed by atoms with Crippen molar-refractivity contribution < 1.29 is 14.2 Å². The molecule has 0 heterocycles. The topological polar surface area (TPSA) is 79.7 Å². The van der Waals surface area contributed by atoms with Crippen molar-refractivity contribution in [3.8, 4) is 0 Å². The van der Waals surface area contributed by atoms with Crippen LogP contribution >= 0.6 is 0 Å². The van der Waals surface area contributed by atoms with E-state index in [4.69, 9.17) is 25.7 Å². The first kappa shape index (κ1) is 14.2. The molecule has 0 amide bonds. The van der Waals surface area contributed by atoms with Crippen LogP contribution in [0.4, 0.5) is 0 Å². The van der Waals surface area contributed by atoms with Gasteiger partial charge in [-0.1, -0.05) is 0 Å². The zero-order chi connectivity index (χ0) is 11.2. The summed E-state index contributed by atoms with van der Waals surface area (Å²) in [6, 6.07) is 0. The molecular formula is C7H22N2O3Si2. The molecule has 0 saturated heterocycles. The maximum atomic E-state index is 6.12. The van der Waals surface area contributed by atoms with Crippen molar-refractivity contribution >= 4 is 18.8 Å². The highest BCUT2D eigenvalue weighted by Gasteiger charge is 2.48. The van der Waals surface area contributed by atoms with Gasteiger partial charge in [0.15, 0.2) is 11.1 Å². The first-order chi connectivity index (χ1) is 6.55. The van der Waals surface area contributed by atoms with E-state index in [1.54, 1.807) is 21.3 Å². The van der Waals surface area contributed by atoms with E-state index in [2.05, 4.69) is 0 Å². The summed E-state index contributed by atoms with van der Waals surface area (Å²) < 4.78 is 16.1. The van der Waals surface area contributed by atoms with Gasteiger partial charge in [-0.25, -0.2) is 0 Å². The highest BCUT2D eigenvalue weighted by Crippen LogP contribution is 2.26. The average molecular weight is 238 g/mol. The van der Waals surface area contributed by atoms with Crippen LogP contribution in [0.15, 0.2) is 0 Å². The zero-order valence-corrected chi connectivity index (χ0v) is 12.9. The monoisotopic (exact) mass is 238 g/mol. The summed E-state index contributed by atoms with van der Waals surface area (Å²) in [4.78, 5) is 0. The maximum Gasteiger partial charge on any atom is 0.181 e. The molecule has 4 N–H and O–H groups in total. The second kappa shape index (κ2) is 5.96. The molecule has 0 spiro atoms. The fourth-order valence-corrected chi connectivity index (χ4v) is 6.70. The average Bonchev–Trinajstić information content (AvgIpc) is 2.21. The van der Waals surface area contributed by atoms with Gasteiger partial charge in [-0.2, -0.15) is 0 Å². The van der Waals surface area contributed by atoms with Crippen LogP contribution in [0.1, 0.15) is 6.42 Å². The Morgan fingerprint density at radius 1 is 1.21 bits per heavy atom. The lowest BCUT2D eigenvalue weighted by Crippen LogP contribution is -2.67. The van der Waals surface area contributed by atoms with Crippen molar-refractivity contribution in [2.45, 2.75) is 17.6 Å². The van der Waals surface area contributed by atoms with Crippen LogP contribution in [0.2, 0.25) is 0 Å². The SMILES string of the molecule is COC(N)(CCN)C(OC)(OC)[SiH2][SiH3]. The number of rotatable bonds is 7. The predicted octanol–water partition coefficient (Wildman–Crippen LogP) is -2.97. The highest BCUT2D eigenvalue weighted by molar-refractivity contribution is 6.91. The summed E-state index contributed by atoms with van der Waals surface area (Å²) in [6.07, 6.45) is 0.528. The van der Waals surface area contributed by atoms with E-state index in [-0.39, 0.29) is 0 Å². The Bertz CT molecular complexity index is 161. The number of hydrogen-bond acceptors (Lipinski definition) is 5. The Morgan fingerprint density at radius 2 is 1.71 bits per heavy atom. The van der Waals surface area contributed by atoms with E-state index in [9.17, 15) is 0 Å². The van der Waals surface area contributed by atoms with Crippen LogP contribution in [0, 0.1) is 0 Å². The number of ether oxygens (including phenoxy) is 3. The Morgan fingerprint density at radius 3 is 1.93 bits per heavy atom. The van der Waals surface area contributed by atoms with Crippen molar-refractivity contribution in [2.75, 3.05) is 27.9 Å². The summed E-state index contributed by atoms with van der Waals surface area (Å²) in [5.74, 6) is 0. The van der Waals surface area contributed by atoms with E-state index in [1.807, 2.05) is 0 Å². The summed E-state index contributed by atoms with van der Waals surface area (Å²) in [5, 5.41) is 0. The summed E-state index contributed by atoms with van der Waals surface area (Å²) in [5.41, 5.74) is 9.97. The Balaban J connectivity index is 4.90. The van der Waals surface area contributed by atoms with E-state index in [0.29, 0.717) is 13.0 Å². The molecule has 86 valence electrons. The van der Waals surface area contributed by atoms with Crippen molar-refractivity contribution in [1.29, 1.82) is 0 Å². The van der Waals surface area contributed by atoms with E-state index >= 15 is 0 Å². The minimum absolute atomic E-state index is 0.453. The molecule has 14 heavy (non-hydrogen) atoms. The molecule has 0 aliphatic heterocycles. The second-order valence-electron chi connectivity index (χ2n) is 3.15. The van der Waals surface area contributed by atoms with Gasteiger partial charge < -0.3 is 19.9 Å². The van der Waals surface area contributed by atoms with Crippen LogP contribution in [0.3, 0.4) is 0 Å². The Kier molecular flexibility index (Phi) is 6.06. The number of hydrogen-bond donors (Lipinski definition) is 2. The third kappa shape index (κ3) is 2.42. The lowest BCUT2D eigenvalue weighted by molar-refractivity contribution is -0.258. The minimum atomic E-state index is -0.917. The molecule has 0 aromatic carbocycles. The lowest BCUT2D eigenvalue weighted by Gasteiger charge is -2.44. The van der Waals surface area contributed by atoms with Crippen molar-refractivity contribution in [1.82, 2.24) is 0 Å². The molecule has 7 heteroatoms. The third-order valence-corrected chi connectivity index (χ3v) is 7.55. The molecule has 0 aliphatic carbocycles.